The van der Waals surface area contributed by atoms with Gasteiger partial charge in [0.15, 0.2) is 9.84 Å². The Morgan fingerprint density at radius 2 is 1.97 bits per heavy atom. The summed E-state index contributed by atoms with van der Waals surface area (Å²) in [6.07, 6.45) is 3.77. The number of piperidine rings is 1. The fourth-order valence-corrected chi connectivity index (χ4v) is 5.53. The van der Waals surface area contributed by atoms with E-state index >= 15 is 0 Å². The second-order valence-corrected chi connectivity index (χ2v) is 11.1. The summed E-state index contributed by atoms with van der Waals surface area (Å²) in [5, 5.41) is 14.8. The maximum absolute atomic E-state index is 11.6. The van der Waals surface area contributed by atoms with E-state index in [-0.39, 0.29) is 22.8 Å². The van der Waals surface area contributed by atoms with Crippen molar-refractivity contribution in [3.8, 4) is 10.6 Å². The maximum atomic E-state index is 11.6. The smallest absolute Gasteiger partial charge is 0.407 e. The highest BCUT2D eigenvalue weighted by Crippen LogP contribution is 2.35. The molecule has 10 heteroatoms. The van der Waals surface area contributed by atoms with E-state index in [0.29, 0.717) is 6.54 Å². The molecule has 2 atom stereocenters. The van der Waals surface area contributed by atoms with Gasteiger partial charge in [-0.15, -0.1) is 0 Å². The van der Waals surface area contributed by atoms with Crippen LogP contribution in [0.15, 0.2) is 35.4 Å². The molecule has 1 fully saturated rings. The molecule has 1 saturated heterocycles. The number of rotatable bonds is 4. The monoisotopic (exact) mass is 448 g/mol. The van der Waals surface area contributed by atoms with Crippen molar-refractivity contribution >= 4 is 32.2 Å². The minimum atomic E-state index is -3.23. The van der Waals surface area contributed by atoms with Crippen LogP contribution in [0, 0.1) is 5.92 Å². The fourth-order valence-electron chi connectivity index (χ4n) is 4.01. The van der Waals surface area contributed by atoms with Crippen LogP contribution in [0.1, 0.15) is 38.3 Å². The molecule has 1 N–H and O–H groups in total. The molecule has 0 saturated carbocycles. The molecule has 3 heterocycles. The molecular formula is C20H24N4O4S2. The number of likely N-dealkylation sites (tertiary alicyclic amines) is 1. The first kappa shape index (κ1) is 20.8. The van der Waals surface area contributed by atoms with Gasteiger partial charge in [-0.05, 0) is 30.9 Å². The van der Waals surface area contributed by atoms with Crippen LogP contribution >= 0.6 is 11.3 Å². The third-order valence-electron chi connectivity index (χ3n) is 5.67. The molecule has 8 nitrogen and oxygen atoms in total. The molecule has 2 unspecified atom stereocenters. The van der Waals surface area contributed by atoms with Gasteiger partial charge in [-0.25, -0.2) is 22.7 Å². The van der Waals surface area contributed by atoms with E-state index in [1.54, 1.807) is 33.7 Å². The molecule has 0 aliphatic carbocycles. The molecule has 30 heavy (non-hydrogen) atoms. The second-order valence-electron chi connectivity index (χ2n) is 8.11. The zero-order valence-corrected chi connectivity index (χ0v) is 18.7. The van der Waals surface area contributed by atoms with Gasteiger partial charge >= 0.3 is 6.09 Å². The van der Waals surface area contributed by atoms with E-state index < -0.39 is 15.9 Å². The average Bonchev–Trinajstić information content (AvgIpc) is 3.26. The van der Waals surface area contributed by atoms with Crippen molar-refractivity contribution in [2.75, 3.05) is 12.8 Å². The van der Waals surface area contributed by atoms with Gasteiger partial charge in [0, 0.05) is 30.3 Å². The Kier molecular flexibility index (Phi) is 5.31. The summed E-state index contributed by atoms with van der Waals surface area (Å²) in [6, 6.07) is 6.66. The lowest BCUT2D eigenvalue weighted by Gasteiger charge is -2.39. The number of hydrogen-bond donors (Lipinski definition) is 1. The lowest BCUT2D eigenvalue weighted by atomic mass is 9.84. The zero-order valence-electron chi connectivity index (χ0n) is 17.0. The first-order valence-electron chi connectivity index (χ1n) is 9.79. The van der Waals surface area contributed by atoms with E-state index in [0.717, 1.165) is 34.1 Å². The standard InChI is InChI=1S/C20H24N4O4S2/c1-12(2)17-10-14(8-9-23(17)20(25)26)16-11-24-19(21-16)29-18(22-24)13-4-6-15(7-5-13)30(3,27)28/h4-7,11-12,14,17H,8-10H2,1-3H3,(H,25,26). The van der Waals surface area contributed by atoms with Gasteiger partial charge in [0.2, 0.25) is 4.96 Å². The highest BCUT2D eigenvalue weighted by molar-refractivity contribution is 7.90. The van der Waals surface area contributed by atoms with Crippen LogP contribution in [-0.4, -0.2) is 58.0 Å². The molecule has 3 aromatic rings. The zero-order chi connectivity index (χ0) is 21.6. The van der Waals surface area contributed by atoms with Gasteiger partial charge < -0.3 is 10.0 Å². The summed E-state index contributed by atoms with van der Waals surface area (Å²) >= 11 is 1.45. The second kappa shape index (κ2) is 7.66. The Morgan fingerprint density at radius 1 is 1.27 bits per heavy atom. The van der Waals surface area contributed by atoms with Crippen LogP contribution in [0.25, 0.3) is 15.5 Å². The van der Waals surface area contributed by atoms with E-state index in [4.69, 9.17) is 4.98 Å². The van der Waals surface area contributed by atoms with Gasteiger partial charge in [0.1, 0.15) is 5.01 Å². The van der Waals surface area contributed by atoms with Crippen molar-refractivity contribution in [3.63, 3.8) is 0 Å². The summed E-state index contributed by atoms with van der Waals surface area (Å²) in [6.45, 7) is 4.62. The number of sulfone groups is 1. The maximum Gasteiger partial charge on any atom is 0.407 e. The molecule has 0 radical (unpaired) electrons. The molecule has 1 amide bonds. The number of amides is 1. The van der Waals surface area contributed by atoms with Crippen LogP contribution in [0.2, 0.25) is 0 Å². The molecule has 0 spiro atoms. The van der Waals surface area contributed by atoms with Crippen molar-refractivity contribution in [3.05, 3.63) is 36.2 Å². The van der Waals surface area contributed by atoms with Crippen molar-refractivity contribution in [1.82, 2.24) is 19.5 Å². The lowest BCUT2D eigenvalue weighted by Crippen LogP contribution is -2.47. The molecule has 0 bridgehead atoms. The molecule has 1 aliphatic rings. The van der Waals surface area contributed by atoms with Crippen LogP contribution in [0.3, 0.4) is 0 Å². The molecular weight excluding hydrogens is 424 g/mol. The van der Waals surface area contributed by atoms with Crippen LogP contribution < -0.4 is 0 Å². The van der Waals surface area contributed by atoms with Crippen LogP contribution in [0.4, 0.5) is 4.79 Å². The number of fused-ring (bicyclic) bond motifs is 1. The van der Waals surface area contributed by atoms with Crippen LogP contribution in [0.5, 0.6) is 0 Å². The van der Waals surface area contributed by atoms with Gasteiger partial charge in [0.05, 0.1) is 16.8 Å². The third-order valence-corrected chi connectivity index (χ3v) is 7.77. The first-order valence-corrected chi connectivity index (χ1v) is 12.5. The normalized spacial score (nSPS) is 20.2. The summed E-state index contributed by atoms with van der Waals surface area (Å²) < 4.78 is 25.0. The summed E-state index contributed by atoms with van der Waals surface area (Å²) in [5.41, 5.74) is 1.79. The highest BCUT2D eigenvalue weighted by atomic mass is 32.2. The van der Waals surface area contributed by atoms with E-state index in [9.17, 15) is 18.3 Å². The van der Waals surface area contributed by atoms with Crippen molar-refractivity contribution in [2.24, 2.45) is 5.92 Å². The van der Waals surface area contributed by atoms with Gasteiger partial charge in [0.25, 0.3) is 0 Å². The van der Waals surface area contributed by atoms with E-state index in [1.807, 2.05) is 6.20 Å². The Hall–Kier alpha value is -2.46. The number of hydrogen-bond acceptors (Lipinski definition) is 6. The molecule has 160 valence electrons. The fraction of sp³-hybridized carbons (Fsp3) is 0.450. The summed E-state index contributed by atoms with van der Waals surface area (Å²) in [5.74, 6) is 0.451. The lowest BCUT2D eigenvalue weighted by molar-refractivity contribution is 0.0823. The largest absolute Gasteiger partial charge is 0.465 e. The minimum absolute atomic E-state index is 0.0159. The van der Waals surface area contributed by atoms with Crippen molar-refractivity contribution in [1.29, 1.82) is 0 Å². The van der Waals surface area contributed by atoms with E-state index in [1.165, 1.54) is 17.6 Å². The number of carboxylic acid groups (broad SMARTS) is 1. The summed E-state index contributed by atoms with van der Waals surface area (Å²) in [7, 11) is -3.23. The molecule has 1 aliphatic heterocycles. The van der Waals surface area contributed by atoms with Gasteiger partial charge in [-0.2, -0.15) is 5.10 Å². The summed E-state index contributed by atoms with van der Waals surface area (Å²) in [4.78, 5) is 18.9. The Balaban J connectivity index is 1.56. The molecule has 1 aromatic carbocycles. The SMILES string of the molecule is CC(C)C1CC(c2cn3nc(-c4ccc(S(C)(=O)=O)cc4)sc3n2)CCN1C(=O)O. The third kappa shape index (κ3) is 3.93. The topological polar surface area (TPSA) is 105 Å². The Morgan fingerprint density at radius 3 is 2.53 bits per heavy atom. The quantitative estimate of drug-likeness (QED) is 0.652. The Labute approximate surface area is 179 Å². The van der Waals surface area contributed by atoms with E-state index in [2.05, 4.69) is 18.9 Å². The van der Waals surface area contributed by atoms with Crippen molar-refractivity contribution < 1.29 is 18.3 Å². The Bertz CT molecular complexity index is 1150. The van der Waals surface area contributed by atoms with Gasteiger partial charge in [-0.3, -0.25) is 0 Å². The minimum Gasteiger partial charge on any atom is -0.465 e. The van der Waals surface area contributed by atoms with Gasteiger partial charge in [-0.1, -0.05) is 37.3 Å². The number of aromatic nitrogens is 3. The number of nitrogens with zero attached hydrogens (tertiary/aromatic N) is 4. The average molecular weight is 449 g/mol. The predicted octanol–water partition coefficient (Wildman–Crippen LogP) is 3.74. The van der Waals surface area contributed by atoms with Crippen LogP contribution in [-0.2, 0) is 9.84 Å². The number of carbonyl (C=O) groups is 1. The first-order chi connectivity index (χ1) is 14.1. The molecule has 2 aromatic heterocycles. The number of benzene rings is 1. The molecule has 4 rings (SSSR count). The number of imidazole rings is 1. The highest BCUT2D eigenvalue weighted by Gasteiger charge is 2.35. The predicted molar refractivity (Wildman–Crippen MR) is 115 cm³/mol. The van der Waals surface area contributed by atoms with Crippen molar-refractivity contribution in [2.45, 2.75) is 43.5 Å².